The molecule has 2 heterocycles. The number of carbonyl (C=O) groups excluding carboxylic acids is 1. The highest BCUT2D eigenvalue weighted by molar-refractivity contribution is 7.89. The van der Waals surface area contributed by atoms with Gasteiger partial charge in [0.05, 0.1) is 17.7 Å². The summed E-state index contributed by atoms with van der Waals surface area (Å²) in [5.74, 6) is 0.386. The van der Waals surface area contributed by atoms with Crippen molar-refractivity contribution in [3.8, 4) is 11.5 Å². The molecule has 0 saturated heterocycles. The van der Waals surface area contributed by atoms with Gasteiger partial charge in [-0.25, -0.2) is 17.8 Å². The number of hydrogen-bond acceptors (Lipinski definition) is 6. The summed E-state index contributed by atoms with van der Waals surface area (Å²) in [5.41, 5.74) is 0.651. The van der Waals surface area contributed by atoms with E-state index in [4.69, 9.17) is 4.42 Å². The molecule has 2 aromatic heterocycles. The number of benzene rings is 1. The second kappa shape index (κ2) is 9.51. The predicted octanol–water partition coefficient (Wildman–Crippen LogP) is 2.22. The molecule has 0 aliphatic carbocycles. The molecule has 0 spiro atoms. The summed E-state index contributed by atoms with van der Waals surface area (Å²) in [4.78, 5) is 23.7. The van der Waals surface area contributed by atoms with Crippen molar-refractivity contribution in [1.82, 2.24) is 14.5 Å². The minimum absolute atomic E-state index is 0.0220. The molecule has 10 heteroatoms. The molecule has 9 nitrogen and oxygen atoms in total. The van der Waals surface area contributed by atoms with Gasteiger partial charge in [0.15, 0.2) is 5.76 Å². The summed E-state index contributed by atoms with van der Waals surface area (Å²) in [5, 5.41) is 6.90. The maximum absolute atomic E-state index is 12.5. The highest BCUT2D eigenvalue weighted by Gasteiger charge is 2.14. The number of anilines is 1. The summed E-state index contributed by atoms with van der Waals surface area (Å²) in [6.45, 7) is 1.93. The van der Waals surface area contributed by atoms with Crippen LogP contribution in [0, 0.1) is 0 Å². The first-order chi connectivity index (χ1) is 14.4. The van der Waals surface area contributed by atoms with Crippen LogP contribution in [0.4, 0.5) is 5.69 Å². The van der Waals surface area contributed by atoms with Crippen molar-refractivity contribution in [1.29, 1.82) is 0 Å². The lowest BCUT2D eigenvalue weighted by molar-refractivity contribution is -0.116. The van der Waals surface area contributed by atoms with Crippen LogP contribution in [0.3, 0.4) is 0 Å². The summed E-state index contributed by atoms with van der Waals surface area (Å²) < 4.78 is 33.8. The number of carbonyl (C=O) groups is 1. The molecule has 0 saturated carbocycles. The predicted molar refractivity (Wildman–Crippen MR) is 111 cm³/mol. The van der Waals surface area contributed by atoms with Gasteiger partial charge < -0.3 is 9.73 Å². The van der Waals surface area contributed by atoms with E-state index < -0.39 is 10.0 Å². The molecule has 0 bridgehead atoms. The molecule has 0 aliphatic rings. The van der Waals surface area contributed by atoms with E-state index in [0.29, 0.717) is 23.6 Å². The number of aromatic nitrogens is 2. The maximum atomic E-state index is 12.5. The van der Waals surface area contributed by atoms with Crippen molar-refractivity contribution >= 4 is 21.6 Å². The number of hydrogen-bond donors (Lipinski definition) is 2. The molecule has 0 radical (unpaired) electrons. The number of nitrogens with one attached hydrogen (secondary N) is 2. The van der Waals surface area contributed by atoms with Gasteiger partial charge in [-0.1, -0.05) is 6.92 Å². The van der Waals surface area contributed by atoms with Crippen LogP contribution in [0.15, 0.2) is 68.9 Å². The lowest BCUT2D eigenvalue weighted by Crippen LogP contribution is -2.32. The third-order valence-electron chi connectivity index (χ3n) is 4.18. The standard InChI is InChI=1S/C20H22N4O5S/c1-2-4-19(25)22-15-6-8-16(9-7-15)30(27,28)21-12-13-24-20(26)11-10-17(23-24)18-5-3-14-29-18/h3,5-11,14,21H,2,4,12-13H2,1H3,(H,22,25). The highest BCUT2D eigenvalue weighted by Crippen LogP contribution is 2.16. The lowest BCUT2D eigenvalue weighted by Gasteiger charge is -2.10. The molecule has 1 amide bonds. The molecule has 2 N–H and O–H groups in total. The average Bonchev–Trinajstić information content (AvgIpc) is 3.25. The minimum Gasteiger partial charge on any atom is -0.463 e. The minimum atomic E-state index is -3.78. The largest absolute Gasteiger partial charge is 0.463 e. The lowest BCUT2D eigenvalue weighted by atomic mass is 10.3. The highest BCUT2D eigenvalue weighted by atomic mass is 32.2. The second-order valence-corrected chi connectivity index (χ2v) is 8.24. The van der Waals surface area contributed by atoms with Gasteiger partial charge in [0.1, 0.15) is 5.69 Å². The van der Waals surface area contributed by atoms with E-state index in [1.54, 1.807) is 18.2 Å². The van der Waals surface area contributed by atoms with Crippen molar-refractivity contribution < 1.29 is 17.6 Å². The van der Waals surface area contributed by atoms with Gasteiger partial charge in [-0.3, -0.25) is 9.59 Å². The van der Waals surface area contributed by atoms with E-state index in [9.17, 15) is 18.0 Å². The third kappa shape index (κ3) is 5.43. The monoisotopic (exact) mass is 430 g/mol. The molecule has 0 aliphatic heterocycles. The van der Waals surface area contributed by atoms with E-state index in [1.165, 1.54) is 41.3 Å². The quantitative estimate of drug-likeness (QED) is 0.537. The van der Waals surface area contributed by atoms with Crippen LogP contribution in [0.1, 0.15) is 19.8 Å². The average molecular weight is 430 g/mol. The molecule has 30 heavy (non-hydrogen) atoms. The Morgan fingerprint density at radius 3 is 2.57 bits per heavy atom. The van der Waals surface area contributed by atoms with Gasteiger partial charge in [0, 0.05) is 24.7 Å². The van der Waals surface area contributed by atoms with E-state index in [0.717, 1.165) is 6.42 Å². The number of nitrogens with zero attached hydrogens (tertiary/aromatic N) is 2. The zero-order valence-corrected chi connectivity index (χ0v) is 17.2. The van der Waals surface area contributed by atoms with Crippen molar-refractivity contribution in [2.45, 2.75) is 31.2 Å². The van der Waals surface area contributed by atoms with Crippen LogP contribution < -0.4 is 15.6 Å². The fraction of sp³-hybridized carbons (Fsp3) is 0.250. The fourth-order valence-corrected chi connectivity index (χ4v) is 3.72. The number of furan rings is 1. The van der Waals surface area contributed by atoms with E-state index >= 15 is 0 Å². The first-order valence-corrected chi connectivity index (χ1v) is 10.9. The SMILES string of the molecule is CCCC(=O)Nc1ccc(S(=O)(=O)NCCn2nc(-c3ccco3)ccc2=O)cc1. The summed E-state index contributed by atoms with van der Waals surface area (Å²) in [7, 11) is -3.78. The van der Waals surface area contributed by atoms with Gasteiger partial charge >= 0.3 is 0 Å². The number of rotatable bonds is 9. The Morgan fingerprint density at radius 2 is 1.90 bits per heavy atom. The summed E-state index contributed by atoms with van der Waals surface area (Å²) >= 11 is 0. The van der Waals surface area contributed by atoms with Crippen molar-refractivity contribution in [3.05, 3.63) is 65.1 Å². The molecule has 0 fully saturated rings. The van der Waals surface area contributed by atoms with Crippen LogP contribution >= 0.6 is 0 Å². The first kappa shape index (κ1) is 21.5. The van der Waals surface area contributed by atoms with Crippen LogP contribution in [0.5, 0.6) is 0 Å². The van der Waals surface area contributed by atoms with Crippen molar-refractivity contribution in [3.63, 3.8) is 0 Å². The van der Waals surface area contributed by atoms with Gasteiger partial charge in [0.25, 0.3) is 5.56 Å². The first-order valence-electron chi connectivity index (χ1n) is 9.40. The topological polar surface area (TPSA) is 123 Å². The second-order valence-electron chi connectivity index (χ2n) is 6.48. The van der Waals surface area contributed by atoms with Gasteiger partial charge in [0.2, 0.25) is 15.9 Å². The van der Waals surface area contributed by atoms with E-state index in [1.807, 2.05) is 6.92 Å². The zero-order chi connectivity index (χ0) is 21.6. The third-order valence-corrected chi connectivity index (χ3v) is 5.66. The Morgan fingerprint density at radius 1 is 1.13 bits per heavy atom. The fourth-order valence-electron chi connectivity index (χ4n) is 2.70. The molecule has 3 rings (SSSR count). The molecule has 158 valence electrons. The van der Waals surface area contributed by atoms with Gasteiger partial charge in [-0.2, -0.15) is 5.10 Å². The number of amides is 1. The molecular formula is C20H22N4O5S. The molecule has 0 unspecified atom stereocenters. The van der Waals surface area contributed by atoms with Crippen molar-refractivity contribution in [2.75, 3.05) is 11.9 Å². The molecule has 1 aromatic carbocycles. The Bertz CT molecular complexity index is 1150. The zero-order valence-electron chi connectivity index (χ0n) is 16.4. The van der Waals surface area contributed by atoms with Crippen LogP contribution in [0.2, 0.25) is 0 Å². The maximum Gasteiger partial charge on any atom is 0.266 e. The normalized spacial score (nSPS) is 11.4. The van der Waals surface area contributed by atoms with E-state index in [-0.39, 0.29) is 29.5 Å². The van der Waals surface area contributed by atoms with E-state index in [2.05, 4.69) is 15.1 Å². The Hall–Kier alpha value is -3.24. The molecule has 3 aromatic rings. The summed E-state index contributed by atoms with van der Waals surface area (Å²) in [6, 6.07) is 12.2. The van der Waals surface area contributed by atoms with Gasteiger partial charge in [-0.05, 0) is 48.9 Å². The smallest absolute Gasteiger partial charge is 0.266 e. The Kier molecular flexibility index (Phi) is 6.80. The van der Waals surface area contributed by atoms with Crippen LogP contribution in [-0.4, -0.2) is 30.7 Å². The Balaban J connectivity index is 1.62. The van der Waals surface area contributed by atoms with Gasteiger partial charge in [-0.15, -0.1) is 0 Å². The Labute approximate surface area is 173 Å². The summed E-state index contributed by atoms with van der Waals surface area (Å²) in [6.07, 6.45) is 2.63. The van der Waals surface area contributed by atoms with Crippen molar-refractivity contribution in [2.24, 2.45) is 0 Å². The molecule has 0 atom stereocenters. The molecular weight excluding hydrogens is 408 g/mol. The van der Waals surface area contributed by atoms with Crippen LogP contribution in [0.25, 0.3) is 11.5 Å². The van der Waals surface area contributed by atoms with Crippen LogP contribution in [-0.2, 0) is 21.4 Å². The number of sulfonamides is 1.